The van der Waals surface area contributed by atoms with Crippen molar-refractivity contribution in [3.05, 3.63) is 0 Å². The van der Waals surface area contributed by atoms with Gasteiger partial charge in [-0.25, -0.2) is 0 Å². The van der Waals surface area contributed by atoms with Crippen LogP contribution in [0, 0.1) is 0 Å². The molecule has 1 aliphatic heterocycles. The van der Waals surface area contributed by atoms with Gasteiger partial charge in [0.25, 0.3) is 0 Å². The second-order valence-electron chi connectivity index (χ2n) is 3.58. The average Bonchev–Trinajstić information content (AvgIpc) is 1.85. The molecule has 1 rings (SSSR count). The zero-order valence-corrected chi connectivity index (χ0v) is 7.84. The first-order valence-corrected chi connectivity index (χ1v) is 4.56. The molecule has 0 amide bonds. The summed E-state index contributed by atoms with van der Waals surface area (Å²) < 4.78 is 5.76. The third kappa shape index (κ3) is 2.80. The van der Waals surface area contributed by atoms with E-state index in [9.17, 15) is 0 Å². The fourth-order valence-electron chi connectivity index (χ4n) is 1.76. The highest BCUT2D eigenvalue weighted by atomic mass is 16.5. The Morgan fingerprint density at radius 2 is 2.18 bits per heavy atom. The molecule has 2 unspecified atom stereocenters. The lowest BCUT2D eigenvalue weighted by molar-refractivity contribution is -0.0725. The van der Waals surface area contributed by atoms with Crippen LogP contribution in [0.25, 0.3) is 0 Å². The average molecular weight is 157 g/mol. The van der Waals surface area contributed by atoms with Crippen LogP contribution in [0.4, 0.5) is 0 Å². The van der Waals surface area contributed by atoms with Gasteiger partial charge in [0.15, 0.2) is 0 Å². The van der Waals surface area contributed by atoms with Gasteiger partial charge in [-0.2, -0.15) is 0 Å². The van der Waals surface area contributed by atoms with E-state index in [1.165, 1.54) is 12.8 Å². The number of likely N-dealkylation sites (N-methyl/N-ethyl adjacent to an activating group) is 1. The summed E-state index contributed by atoms with van der Waals surface area (Å²) in [5.41, 5.74) is 0. The summed E-state index contributed by atoms with van der Waals surface area (Å²) in [4.78, 5) is 2.36. The van der Waals surface area contributed by atoms with E-state index in [1.54, 1.807) is 0 Å². The molecular formula is C9H19NO. The van der Waals surface area contributed by atoms with Crippen molar-refractivity contribution in [2.45, 2.75) is 38.9 Å². The van der Waals surface area contributed by atoms with Gasteiger partial charge in [0.2, 0.25) is 0 Å². The lowest BCUT2D eigenvalue weighted by Gasteiger charge is -2.34. The van der Waals surface area contributed by atoms with Crippen molar-refractivity contribution in [2.75, 3.05) is 20.1 Å². The molecule has 1 fully saturated rings. The third-order valence-corrected chi connectivity index (χ3v) is 2.12. The second kappa shape index (κ2) is 4.07. The Bertz CT molecular complexity index is 106. The number of ether oxygens (including phenoxy) is 1. The summed E-state index contributed by atoms with van der Waals surface area (Å²) in [5.74, 6) is 0. The van der Waals surface area contributed by atoms with Crippen LogP contribution >= 0.6 is 0 Å². The minimum atomic E-state index is 0.422. The molecule has 0 N–H and O–H groups in total. The summed E-state index contributed by atoms with van der Waals surface area (Å²) in [6, 6.07) is 0. The first-order valence-electron chi connectivity index (χ1n) is 4.56. The topological polar surface area (TPSA) is 12.5 Å². The van der Waals surface area contributed by atoms with Crippen molar-refractivity contribution < 1.29 is 4.74 Å². The smallest absolute Gasteiger partial charge is 0.0706 e. The van der Waals surface area contributed by atoms with Crippen LogP contribution in [-0.4, -0.2) is 37.2 Å². The highest BCUT2D eigenvalue weighted by molar-refractivity contribution is 4.72. The highest BCUT2D eigenvalue weighted by Gasteiger charge is 2.21. The Hall–Kier alpha value is -0.0800. The van der Waals surface area contributed by atoms with Gasteiger partial charge in [0, 0.05) is 13.1 Å². The van der Waals surface area contributed by atoms with Crippen LogP contribution in [0.5, 0.6) is 0 Å². The maximum atomic E-state index is 5.76. The van der Waals surface area contributed by atoms with Crippen LogP contribution in [0.1, 0.15) is 26.7 Å². The molecule has 0 radical (unpaired) electrons. The Kier molecular flexibility index (Phi) is 3.34. The van der Waals surface area contributed by atoms with E-state index < -0.39 is 0 Å². The first kappa shape index (κ1) is 9.01. The van der Waals surface area contributed by atoms with E-state index in [2.05, 4.69) is 25.8 Å². The van der Waals surface area contributed by atoms with Gasteiger partial charge in [0.05, 0.1) is 12.2 Å². The van der Waals surface area contributed by atoms with Gasteiger partial charge >= 0.3 is 0 Å². The van der Waals surface area contributed by atoms with E-state index >= 15 is 0 Å². The summed E-state index contributed by atoms with van der Waals surface area (Å²) in [6.45, 7) is 6.55. The first-order chi connectivity index (χ1) is 5.22. The van der Waals surface area contributed by atoms with E-state index in [0.29, 0.717) is 12.2 Å². The van der Waals surface area contributed by atoms with Crippen molar-refractivity contribution in [3.63, 3.8) is 0 Å². The zero-order valence-electron chi connectivity index (χ0n) is 7.84. The summed E-state index contributed by atoms with van der Waals surface area (Å²) in [5, 5.41) is 0. The van der Waals surface area contributed by atoms with Crippen molar-refractivity contribution in [3.8, 4) is 0 Å². The van der Waals surface area contributed by atoms with Crippen LogP contribution in [0.2, 0.25) is 0 Å². The molecule has 0 aromatic heterocycles. The molecule has 0 aromatic carbocycles. The molecule has 2 atom stereocenters. The Morgan fingerprint density at radius 3 is 2.73 bits per heavy atom. The monoisotopic (exact) mass is 157 g/mol. The third-order valence-electron chi connectivity index (χ3n) is 2.12. The SMILES string of the molecule is CCCC1CN(C)CC(C)O1. The maximum Gasteiger partial charge on any atom is 0.0706 e. The predicted molar refractivity (Wildman–Crippen MR) is 46.7 cm³/mol. The van der Waals surface area contributed by atoms with Gasteiger partial charge in [-0.15, -0.1) is 0 Å². The molecule has 1 saturated heterocycles. The largest absolute Gasteiger partial charge is 0.373 e. The van der Waals surface area contributed by atoms with Crippen molar-refractivity contribution in [1.82, 2.24) is 4.90 Å². The Balaban J connectivity index is 2.30. The minimum Gasteiger partial charge on any atom is -0.373 e. The molecule has 0 bridgehead atoms. The number of morpholine rings is 1. The van der Waals surface area contributed by atoms with Crippen molar-refractivity contribution >= 4 is 0 Å². The fraction of sp³-hybridized carbons (Fsp3) is 1.00. The van der Waals surface area contributed by atoms with Crippen LogP contribution < -0.4 is 0 Å². The minimum absolute atomic E-state index is 0.422. The summed E-state index contributed by atoms with van der Waals surface area (Å²) >= 11 is 0. The molecule has 1 aliphatic rings. The van der Waals surface area contributed by atoms with E-state index in [-0.39, 0.29) is 0 Å². The molecule has 0 spiro atoms. The van der Waals surface area contributed by atoms with Crippen LogP contribution in [0.3, 0.4) is 0 Å². The van der Waals surface area contributed by atoms with E-state index in [4.69, 9.17) is 4.74 Å². The van der Waals surface area contributed by atoms with E-state index in [0.717, 1.165) is 13.1 Å². The molecule has 2 nitrogen and oxygen atoms in total. The van der Waals surface area contributed by atoms with Gasteiger partial charge in [-0.3, -0.25) is 0 Å². The lowest BCUT2D eigenvalue weighted by Crippen LogP contribution is -2.44. The zero-order chi connectivity index (χ0) is 8.27. The molecule has 0 aromatic rings. The molecule has 11 heavy (non-hydrogen) atoms. The Labute approximate surface area is 69.5 Å². The van der Waals surface area contributed by atoms with Gasteiger partial charge in [0.1, 0.15) is 0 Å². The number of nitrogens with zero attached hydrogens (tertiary/aromatic N) is 1. The second-order valence-corrected chi connectivity index (χ2v) is 3.58. The van der Waals surface area contributed by atoms with E-state index in [1.807, 2.05) is 0 Å². The highest BCUT2D eigenvalue weighted by Crippen LogP contribution is 2.12. The molecule has 0 aliphatic carbocycles. The molecular weight excluding hydrogens is 138 g/mol. The molecule has 0 saturated carbocycles. The summed E-state index contributed by atoms with van der Waals surface area (Å²) in [6.07, 6.45) is 3.33. The van der Waals surface area contributed by atoms with Crippen molar-refractivity contribution in [2.24, 2.45) is 0 Å². The van der Waals surface area contributed by atoms with Gasteiger partial charge in [-0.05, 0) is 20.4 Å². The predicted octanol–water partition coefficient (Wildman–Crippen LogP) is 1.51. The molecule has 1 heterocycles. The standard InChI is InChI=1S/C9H19NO/c1-4-5-9-7-10(3)6-8(2)11-9/h8-9H,4-7H2,1-3H3. The fourth-order valence-corrected chi connectivity index (χ4v) is 1.76. The maximum absolute atomic E-state index is 5.76. The molecule has 2 heteroatoms. The normalized spacial score (nSPS) is 34.1. The quantitative estimate of drug-likeness (QED) is 0.602. The number of hydrogen-bond acceptors (Lipinski definition) is 2. The van der Waals surface area contributed by atoms with Gasteiger partial charge < -0.3 is 9.64 Å². The number of hydrogen-bond donors (Lipinski definition) is 0. The van der Waals surface area contributed by atoms with Crippen LogP contribution in [-0.2, 0) is 4.74 Å². The number of rotatable bonds is 2. The molecule has 66 valence electrons. The van der Waals surface area contributed by atoms with Crippen LogP contribution in [0.15, 0.2) is 0 Å². The van der Waals surface area contributed by atoms with Gasteiger partial charge in [-0.1, -0.05) is 13.3 Å². The lowest BCUT2D eigenvalue weighted by atomic mass is 10.1. The Morgan fingerprint density at radius 1 is 1.45 bits per heavy atom. The van der Waals surface area contributed by atoms with Crippen molar-refractivity contribution in [1.29, 1.82) is 0 Å². The summed E-state index contributed by atoms with van der Waals surface area (Å²) in [7, 11) is 2.17.